The number of carbonyl (C=O) groups excluding carboxylic acids is 1. The summed E-state index contributed by atoms with van der Waals surface area (Å²) in [6.45, 7) is 2.22. The van der Waals surface area contributed by atoms with Gasteiger partial charge in [-0.25, -0.2) is 4.79 Å². The minimum absolute atomic E-state index is 0.274. The molecule has 4 heteroatoms. The van der Waals surface area contributed by atoms with Crippen LogP contribution < -0.4 is 0 Å². The fraction of sp³-hybridized carbons (Fsp3) is 0.444. The SMILES string of the molecule is CCOC(=O)c1cc(CCC2CCc3cccnc3C2)c[nH]1. The standard InChI is InChI=1S/C18H22N2O2/c1-2-22-18(21)17-11-14(12-20-17)6-5-13-7-8-15-4-3-9-19-16(15)10-13/h3-4,9,11-13,20H,2,5-8,10H2,1H3. The smallest absolute Gasteiger partial charge is 0.354 e. The Morgan fingerprint density at radius 3 is 3.27 bits per heavy atom. The fourth-order valence-corrected chi connectivity index (χ4v) is 3.15. The summed E-state index contributed by atoms with van der Waals surface area (Å²) in [6, 6.07) is 6.12. The molecule has 0 fully saturated rings. The molecule has 22 heavy (non-hydrogen) atoms. The predicted octanol–water partition coefficient (Wildman–Crippen LogP) is 3.32. The average molecular weight is 298 g/mol. The van der Waals surface area contributed by atoms with E-state index in [1.807, 2.05) is 31.5 Å². The van der Waals surface area contributed by atoms with Gasteiger partial charge in [0.1, 0.15) is 5.69 Å². The van der Waals surface area contributed by atoms with Crippen LogP contribution in [0.1, 0.15) is 47.1 Å². The van der Waals surface area contributed by atoms with Crippen molar-refractivity contribution >= 4 is 5.97 Å². The van der Waals surface area contributed by atoms with Crippen molar-refractivity contribution in [3.8, 4) is 0 Å². The summed E-state index contributed by atoms with van der Waals surface area (Å²) < 4.78 is 5.00. The van der Waals surface area contributed by atoms with Crippen LogP contribution in [0, 0.1) is 5.92 Å². The van der Waals surface area contributed by atoms with Gasteiger partial charge in [-0.2, -0.15) is 0 Å². The third kappa shape index (κ3) is 3.38. The Labute approximate surface area is 130 Å². The van der Waals surface area contributed by atoms with E-state index >= 15 is 0 Å². The number of nitrogens with zero attached hydrogens (tertiary/aromatic N) is 1. The summed E-state index contributed by atoms with van der Waals surface area (Å²) in [6.07, 6.45) is 9.37. The Hall–Kier alpha value is -2.10. The van der Waals surface area contributed by atoms with Crippen molar-refractivity contribution in [2.45, 2.75) is 39.0 Å². The Kier molecular flexibility index (Phi) is 4.56. The van der Waals surface area contributed by atoms with Gasteiger partial charge in [0.2, 0.25) is 0 Å². The summed E-state index contributed by atoms with van der Waals surface area (Å²) in [7, 11) is 0. The molecule has 1 aliphatic carbocycles. The van der Waals surface area contributed by atoms with Crippen LogP contribution >= 0.6 is 0 Å². The number of esters is 1. The lowest BCUT2D eigenvalue weighted by molar-refractivity contribution is 0.0520. The van der Waals surface area contributed by atoms with Crippen molar-refractivity contribution in [3.63, 3.8) is 0 Å². The Balaban J connectivity index is 1.54. The van der Waals surface area contributed by atoms with E-state index in [4.69, 9.17) is 4.74 Å². The van der Waals surface area contributed by atoms with Gasteiger partial charge in [0.05, 0.1) is 6.61 Å². The van der Waals surface area contributed by atoms with E-state index in [2.05, 4.69) is 16.0 Å². The fourth-order valence-electron chi connectivity index (χ4n) is 3.15. The molecule has 0 saturated carbocycles. The number of hydrogen-bond donors (Lipinski definition) is 1. The Morgan fingerprint density at radius 1 is 1.50 bits per heavy atom. The number of hydrogen-bond acceptors (Lipinski definition) is 3. The quantitative estimate of drug-likeness (QED) is 0.861. The van der Waals surface area contributed by atoms with Gasteiger partial charge in [-0.05, 0) is 68.2 Å². The van der Waals surface area contributed by atoms with Crippen LogP contribution in [0.2, 0.25) is 0 Å². The monoisotopic (exact) mass is 298 g/mol. The van der Waals surface area contributed by atoms with E-state index in [1.54, 1.807) is 0 Å². The van der Waals surface area contributed by atoms with Crippen molar-refractivity contribution in [2.75, 3.05) is 6.61 Å². The van der Waals surface area contributed by atoms with E-state index in [9.17, 15) is 4.79 Å². The number of rotatable bonds is 5. The minimum atomic E-state index is -0.274. The molecule has 0 bridgehead atoms. The van der Waals surface area contributed by atoms with Crippen molar-refractivity contribution < 1.29 is 9.53 Å². The van der Waals surface area contributed by atoms with Crippen molar-refractivity contribution in [1.29, 1.82) is 0 Å². The average Bonchev–Trinajstić information content (AvgIpc) is 3.02. The number of pyridine rings is 1. The third-order valence-electron chi connectivity index (χ3n) is 4.37. The molecule has 4 nitrogen and oxygen atoms in total. The van der Waals surface area contributed by atoms with Crippen LogP contribution in [0.5, 0.6) is 0 Å². The van der Waals surface area contributed by atoms with E-state index in [-0.39, 0.29) is 5.97 Å². The number of ether oxygens (including phenoxy) is 1. The highest BCUT2D eigenvalue weighted by atomic mass is 16.5. The van der Waals surface area contributed by atoms with Gasteiger partial charge in [0.25, 0.3) is 0 Å². The van der Waals surface area contributed by atoms with Crippen LogP contribution in [0.15, 0.2) is 30.6 Å². The van der Waals surface area contributed by atoms with Gasteiger partial charge in [-0.3, -0.25) is 4.98 Å². The zero-order valence-corrected chi connectivity index (χ0v) is 13.0. The summed E-state index contributed by atoms with van der Waals surface area (Å²) >= 11 is 0. The molecule has 1 N–H and O–H groups in total. The van der Waals surface area contributed by atoms with Gasteiger partial charge < -0.3 is 9.72 Å². The molecule has 0 aliphatic heterocycles. The maximum Gasteiger partial charge on any atom is 0.354 e. The molecule has 0 amide bonds. The zero-order chi connectivity index (χ0) is 15.4. The number of fused-ring (bicyclic) bond motifs is 1. The molecule has 1 aliphatic rings. The second-order valence-corrected chi connectivity index (χ2v) is 5.90. The van der Waals surface area contributed by atoms with Crippen LogP contribution in [-0.4, -0.2) is 22.5 Å². The first-order valence-electron chi connectivity index (χ1n) is 8.03. The number of H-pyrrole nitrogens is 1. The maximum absolute atomic E-state index is 11.6. The summed E-state index contributed by atoms with van der Waals surface area (Å²) in [4.78, 5) is 19.2. The number of nitrogens with one attached hydrogen (secondary N) is 1. The first-order chi connectivity index (χ1) is 10.8. The molecule has 0 radical (unpaired) electrons. The topological polar surface area (TPSA) is 55.0 Å². The number of aromatic amines is 1. The summed E-state index contributed by atoms with van der Waals surface area (Å²) in [5, 5.41) is 0. The number of aryl methyl sites for hydroxylation is 2. The van der Waals surface area contributed by atoms with Crippen LogP contribution in [0.4, 0.5) is 0 Å². The van der Waals surface area contributed by atoms with Crippen LogP contribution in [-0.2, 0) is 24.0 Å². The molecule has 2 aromatic heterocycles. The molecule has 0 saturated heterocycles. The van der Waals surface area contributed by atoms with Gasteiger partial charge in [0, 0.05) is 18.1 Å². The van der Waals surface area contributed by atoms with Gasteiger partial charge in [0.15, 0.2) is 0 Å². The van der Waals surface area contributed by atoms with Crippen LogP contribution in [0.3, 0.4) is 0 Å². The highest BCUT2D eigenvalue weighted by molar-refractivity contribution is 5.87. The molecule has 1 unspecified atom stereocenters. The van der Waals surface area contributed by atoms with E-state index in [0.29, 0.717) is 18.2 Å². The van der Waals surface area contributed by atoms with Gasteiger partial charge in [-0.15, -0.1) is 0 Å². The van der Waals surface area contributed by atoms with Gasteiger partial charge >= 0.3 is 5.97 Å². The molecule has 116 valence electrons. The Morgan fingerprint density at radius 2 is 2.41 bits per heavy atom. The second-order valence-electron chi connectivity index (χ2n) is 5.90. The lowest BCUT2D eigenvalue weighted by Gasteiger charge is -2.23. The third-order valence-corrected chi connectivity index (χ3v) is 4.37. The minimum Gasteiger partial charge on any atom is -0.461 e. The molecular weight excluding hydrogens is 276 g/mol. The molecule has 2 heterocycles. The largest absolute Gasteiger partial charge is 0.461 e. The summed E-state index contributed by atoms with van der Waals surface area (Å²) in [5.74, 6) is 0.410. The lowest BCUT2D eigenvalue weighted by Crippen LogP contribution is -2.16. The first-order valence-corrected chi connectivity index (χ1v) is 8.03. The highest BCUT2D eigenvalue weighted by Gasteiger charge is 2.19. The number of aromatic nitrogens is 2. The maximum atomic E-state index is 11.6. The molecule has 0 spiro atoms. The Bertz CT molecular complexity index is 648. The number of carbonyl (C=O) groups is 1. The van der Waals surface area contributed by atoms with Gasteiger partial charge in [-0.1, -0.05) is 6.07 Å². The highest BCUT2D eigenvalue weighted by Crippen LogP contribution is 2.27. The van der Waals surface area contributed by atoms with Crippen LogP contribution in [0.25, 0.3) is 0 Å². The molecule has 1 atom stereocenters. The van der Waals surface area contributed by atoms with Crippen molar-refractivity contribution in [2.24, 2.45) is 5.92 Å². The van der Waals surface area contributed by atoms with Crippen molar-refractivity contribution in [1.82, 2.24) is 9.97 Å². The second kappa shape index (κ2) is 6.77. The normalized spacial score (nSPS) is 17.0. The van der Waals surface area contributed by atoms with E-state index in [1.165, 1.54) is 23.2 Å². The first kappa shape index (κ1) is 14.8. The van der Waals surface area contributed by atoms with E-state index < -0.39 is 0 Å². The molecular formula is C18H22N2O2. The summed E-state index contributed by atoms with van der Waals surface area (Å²) in [5.41, 5.74) is 4.40. The molecule has 0 aromatic carbocycles. The molecule has 3 rings (SSSR count). The molecule has 2 aromatic rings. The van der Waals surface area contributed by atoms with E-state index in [0.717, 1.165) is 25.7 Å². The predicted molar refractivity (Wildman–Crippen MR) is 84.8 cm³/mol. The van der Waals surface area contributed by atoms with Crippen molar-refractivity contribution in [3.05, 3.63) is 53.1 Å². The zero-order valence-electron chi connectivity index (χ0n) is 13.0. The lowest BCUT2D eigenvalue weighted by atomic mass is 9.84.